The van der Waals surface area contributed by atoms with Crippen molar-refractivity contribution in [3.8, 4) is 11.8 Å². The molecule has 0 aliphatic rings. The van der Waals surface area contributed by atoms with Gasteiger partial charge in [0, 0.05) is 29.4 Å². The van der Waals surface area contributed by atoms with E-state index in [0.717, 1.165) is 10.6 Å². The van der Waals surface area contributed by atoms with Crippen LogP contribution in [-0.4, -0.2) is 12.1 Å². The molecule has 18 heavy (non-hydrogen) atoms. The highest BCUT2D eigenvalue weighted by Gasteiger charge is 2.10. The first-order chi connectivity index (χ1) is 8.76. The SMILES string of the molecule is COc1csc(/C(N)=C(/C#N)c2cccnc2)c1. The lowest BCUT2D eigenvalue weighted by atomic mass is 10.1. The quantitative estimate of drug-likeness (QED) is 0.857. The summed E-state index contributed by atoms with van der Waals surface area (Å²) in [7, 11) is 1.60. The number of ether oxygens (including phenoxy) is 1. The number of allylic oxidation sites excluding steroid dienone is 1. The lowest BCUT2D eigenvalue weighted by Crippen LogP contribution is -1.99. The Kier molecular flexibility index (Phi) is 3.60. The normalized spacial score (nSPS) is 11.6. The number of nitriles is 1. The molecule has 0 fully saturated rings. The van der Waals surface area contributed by atoms with E-state index in [0.29, 0.717) is 16.8 Å². The van der Waals surface area contributed by atoms with E-state index >= 15 is 0 Å². The van der Waals surface area contributed by atoms with Crippen molar-refractivity contribution in [2.45, 2.75) is 0 Å². The Morgan fingerprint density at radius 3 is 2.94 bits per heavy atom. The van der Waals surface area contributed by atoms with Crippen LogP contribution in [0.5, 0.6) is 5.75 Å². The van der Waals surface area contributed by atoms with Crippen LogP contribution in [0.1, 0.15) is 10.4 Å². The fourth-order valence-electron chi connectivity index (χ4n) is 1.48. The maximum atomic E-state index is 9.23. The summed E-state index contributed by atoms with van der Waals surface area (Å²) < 4.78 is 5.10. The topological polar surface area (TPSA) is 71.9 Å². The number of nitrogens with two attached hydrogens (primary N) is 1. The van der Waals surface area contributed by atoms with E-state index in [1.165, 1.54) is 11.3 Å². The van der Waals surface area contributed by atoms with Gasteiger partial charge in [0.05, 0.1) is 23.3 Å². The molecule has 2 aromatic rings. The third kappa shape index (κ3) is 2.34. The number of hydrogen-bond donors (Lipinski definition) is 1. The third-order valence-corrected chi connectivity index (χ3v) is 3.35. The van der Waals surface area contributed by atoms with Gasteiger partial charge in [0.25, 0.3) is 0 Å². The number of thiophene rings is 1. The van der Waals surface area contributed by atoms with Crippen molar-refractivity contribution in [2.75, 3.05) is 7.11 Å². The largest absolute Gasteiger partial charge is 0.496 e. The average molecular weight is 257 g/mol. The zero-order valence-electron chi connectivity index (χ0n) is 9.75. The van der Waals surface area contributed by atoms with Crippen LogP contribution in [0.3, 0.4) is 0 Å². The average Bonchev–Trinajstić information content (AvgIpc) is 2.89. The van der Waals surface area contributed by atoms with Crippen molar-refractivity contribution in [1.82, 2.24) is 4.98 Å². The van der Waals surface area contributed by atoms with E-state index in [4.69, 9.17) is 10.5 Å². The molecule has 4 nitrogen and oxygen atoms in total. The van der Waals surface area contributed by atoms with Crippen LogP contribution < -0.4 is 10.5 Å². The minimum absolute atomic E-state index is 0.424. The fourth-order valence-corrected chi connectivity index (χ4v) is 2.30. The van der Waals surface area contributed by atoms with Gasteiger partial charge >= 0.3 is 0 Å². The van der Waals surface area contributed by atoms with E-state index in [2.05, 4.69) is 11.1 Å². The standard InChI is InChI=1S/C13H11N3OS/c1-17-10-5-12(18-8-10)13(15)11(6-14)9-3-2-4-16-7-9/h2-5,7-8H,15H2,1H3/b13-11+. The molecule has 5 heteroatoms. The monoisotopic (exact) mass is 257 g/mol. The first-order valence-corrected chi connectivity index (χ1v) is 6.07. The molecule has 0 saturated heterocycles. The summed E-state index contributed by atoms with van der Waals surface area (Å²) in [5.74, 6) is 0.737. The first-order valence-electron chi connectivity index (χ1n) is 5.19. The molecule has 0 saturated carbocycles. The van der Waals surface area contributed by atoms with Crippen LogP contribution >= 0.6 is 11.3 Å². The van der Waals surface area contributed by atoms with Crippen molar-refractivity contribution in [1.29, 1.82) is 5.26 Å². The number of methoxy groups -OCH3 is 1. The minimum atomic E-state index is 0.424. The predicted molar refractivity (Wildman–Crippen MR) is 71.7 cm³/mol. The van der Waals surface area contributed by atoms with Crippen molar-refractivity contribution in [3.05, 3.63) is 46.4 Å². The smallest absolute Gasteiger partial charge is 0.130 e. The summed E-state index contributed by atoms with van der Waals surface area (Å²) in [5, 5.41) is 11.1. The Bertz CT molecular complexity index is 611. The number of hydrogen-bond acceptors (Lipinski definition) is 5. The minimum Gasteiger partial charge on any atom is -0.496 e. The van der Waals surface area contributed by atoms with E-state index in [-0.39, 0.29) is 0 Å². The molecule has 0 aliphatic heterocycles. The van der Waals surface area contributed by atoms with Crippen LogP contribution in [0, 0.1) is 11.3 Å². The lowest BCUT2D eigenvalue weighted by Gasteiger charge is -2.03. The van der Waals surface area contributed by atoms with Crippen LogP contribution in [-0.2, 0) is 0 Å². The summed E-state index contributed by atoms with van der Waals surface area (Å²) in [6, 6.07) is 7.52. The van der Waals surface area contributed by atoms with Crippen LogP contribution in [0.2, 0.25) is 0 Å². The fraction of sp³-hybridized carbons (Fsp3) is 0.0769. The van der Waals surface area contributed by atoms with Gasteiger partial charge in [-0.2, -0.15) is 5.26 Å². The summed E-state index contributed by atoms with van der Waals surface area (Å²) in [4.78, 5) is 4.80. The Labute approximate surface area is 109 Å². The van der Waals surface area contributed by atoms with Gasteiger partial charge in [0.1, 0.15) is 11.8 Å². The summed E-state index contributed by atoms with van der Waals surface area (Å²) in [6.07, 6.45) is 3.28. The zero-order chi connectivity index (χ0) is 13.0. The van der Waals surface area contributed by atoms with E-state index in [9.17, 15) is 5.26 Å². The van der Waals surface area contributed by atoms with Gasteiger partial charge in [0.2, 0.25) is 0 Å². The maximum absolute atomic E-state index is 9.23. The van der Waals surface area contributed by atoms with Crippen LogP contribution in [0.15, 0.2) is 36.0 Å². The molecular formula is C13H11N3OS. The molecule has 90 valence electrons. The molecule has 0 aliphatic carbocycles. The van der Waals surface area contributed by atoms with E-state index < -0.39 is 0 Å². The first kappa shape index (κ1) is 12.1. The number of aromatic nitrogens is 1. The van der Waals surface area contributed by atoms with Crippen molar-refractivity contribution < 1.29 is 4.74 Å². The van der Waals surface area contributed by atoms with E-state index in [1.54, 1.807) is 25.6 Å². The molecule has 0 radical (unpaired) electrons. The Balaban J connectivity index is 2.47. The Morgan fingerprint density at radius 2 is 2.39 bits per heavy atom. The van der Waals surface area contributed by atoms with Gasteiger partial charge in [-0.3, -0.25) is 4.98 Å². The summed E-state index contributed by atoms with van der Waals surface area (Å²) in [5.41, 5.74) is 7.61. The summed E-state index contributed by atoms with van der Waals surface area (Å²) >= 11 is 1.44. The van der Waals surface area contributed by atoms with E-state index in [1.807, 2.05) is 17.5 Å². The second kappa shape index (κ2) is 5.34. The van der Waals surface area contributed by atoms with Gasteiger partial charge in [-0.1, -0.05) is 6.07 Å². The molecule has 0 aromatic carbocycles. The van der Waals surface area contributed by atoms with Gasteiger partial charge in [-0.15, -0.1) is 11.3 Å². The van der Waals surface area contributed by atoms with Gasteiger partial charge in [-0.25, -0.2) is 0 Å². The molecule has 0 spiro atoms. The molecule has 0 amide bonds. The second-order valence-electron chi connectivity index (χ2n) is 3.49. The number of rotatable bonds is 3. The molecule has 2 heterocycles. The maximum Gasteiger partial charge on any atom is 0.130 e. The third-order valence-electron chi connectivity index (χ3n) is 2.41. The van der Waals surface area contributed by atoms with Crippen molar-refractivity contribution in [3.63, 3.8) is 0 Å². The van der Waals surface area contributed by atoms with Gasteiger partial charge in [-0.05, 0) is 6.07 Å². The highest BCUT2D eigenvalue weighted by molar-refractivity contribution is 7.11. The Hall–Kier alpha value is -2.32. The molecule has 0 atom stereocenters. The molecule has 2 N–H and O–H groups in total. The van der Waals surface area contributed by atoms with Crippen molar-refractivity contribution in [2.24, 2.45) is 5.73 Å². The van der Waals surface area contributed by atoms with Crippen LogP contribution in [0.4, 0.5) is 0 Å². The van der Waals surface area contributed by atoms with Crippen LogP contribution in [0.25, 0.3) is 11.3 Å². The predicted octanol–water partition coefficient (Wildman–Crippen LogP) is 2.50. The Morgan fingerprint density at radius 1 is 1.56 bits per heavy atom. The molecule has 0 bridgehead atoms. The van der Waals surface area contributed by atoms with Gasteiger partial charge < -0.3 is 10.5 Å². The van der Waals surface area contributed by atoms with Gasteiger partial charge in [0.15, 0.2) is 0 Å². The number of nitrogens with zero attached hydrogens (tertiary/aromatic N) is 2. The highest BCUT2D eigenvalue weighted by Crippen LogP contribution is 2.29. The van der Waals surface area contributed by atoms with Crippen molar-refractivity contribution >= 4 is 22.6 Å². The molecule has 2 rings (SSSR count). The number of pyridine rings is 1. The molecular weight excluding hydrogens is 246 g/mol. The highest BCUT2D eigenvalue weighted by atomic mass is 32.1. The molecule has 0 unspecified atom stereocenters. The zero-order valence-corrected chi connectivity index (χ0v) is 10.6. The summed E-state index contributed by atoms with van der Waals surface area (Å²) in [6.45, 7) is 0. The second-order valence-corrected chi connectivity index (χ2v) is 4.40. The molecule has 2 aromatic heterocycles. The lowest BCUT2D eigenvalue weighted by molar-refractivity contribution is 0.416.